The lowest BCUT2D eigenvalue weighted by molar-refractivity contribution is -0.0312. The van der Waals surface area contributed by atoms with Crippen LogP contribution in [0.25, 0.3) is 0 Å². The third kappa shape index (κ3) is 4.05. The lowest BCUT2D eigenvalue weighted by atomic mass is 9.92. The number of nitrogens with zero attached hydrogens (tertiary/aromatic N) is 6. The van der Waals surface area contributed by atoms with E-state index in [1.54, 1.807) is 11.0 Å². The van der Waals surface area contributed by atoms with Gasteiger partial charge in [-0.15, -0.1) is 5.10 Å². The van der Waals surface area contributed by atoms with E-state index < -0.39 is 5.82 Å². The molecule has 34 heavy (non-hydrogen) atoms. The van der Waals surface area contributed by atoms with E-state index in [1.807, 2.05) is 13.0 Å². The van der Waals surface area contributed by atoms with Gasteiger partial charge in [-0.3, -0.25) is 0 Å². The smallest absolute Gasteiger partial charge is 0.322 e. The van der Waals surface area contributed by atoms with Crippen LogP contribution in [0.5, 0.6) is 11.8 Å². The number of piperidine rings is 1. The van der Waals surface area contributed by atoms with E-state index in [0.717, 1.165) is 37.4 Å². The van der Waals surface area contributed by atoms with E-state index >= 15 is 0 Å². The van der Waals surface area contributed by atoms with Crippen LogP contribution in [0.1, 0.15) is 24.6 Å². The van der Waals surface area contributed by atoms with Gasteiger partial charge in [-0.25, -0.2) is 19.0 Å². The second-order valence-corrected chi connectivity index (χ2v) is 9.63. The quantitative estimate of drug-likeness (QED) is 0.563. The minimum absolute atomic E-state index is 0.00360. The molecule has 2 bridgehead atoms. The molecular weight excluding hydrogens is 461 g/mol. The van der Waals surface area contributed by atoms with Crippen molar-refractivity contribution in [2.45, 2.75) is 31.8 Å². The third-order valence-corrected chi connectivity index (χ3v) is 7.20. The molecule has 1 N–H and O–H groups in total. The van der Waals surface area contributed by atoms with Crippen molar-refractivity contribution in [2.75, 3.05) is 36.5 Å². The van der Waals surface area contributed by atoms with Crippen LogP contribution >= 0.6 is 11.6 Å². The van der Waals surface area contributed by atoms with Crippen LogP contribution in [-0.2, 0) is 4.74 Å². The highest BCUT2D eigenvalue weighted by Gasteiger charge is 2.43. The van der Waals surface area contributed by atoms with Crippen molar-refractivity contribution < 1.29 is 13.9 Å². The van der Waals surface area contributed by atoms with Gasteiger partial charge in [-0.05, 0) is 43.7 Å². The van der Waals surface area contributed by atoms with Gasteiger partial charge in [0.1, 0.15) is 29.8 Å². The zero-order valence-electron chi connectivity index (χ0n) is 18.7. The average Bonchev–Trinajstić information content (AvgIpc) is 3.25. The lowest BCUT2D eigenvalue weighted by Crippen LogP contribution is -2.48. The third-order valence-electron chi connectivity index (χ3n) is 6.91. The van der Waals surface area contributed by atoms with Gasteiger partial charge in [-0.1, -0.05) is 11.6 Å². The van der Waals surface area contributed by atoms with Crippen molar-refractivity contribution >= 4 is 23.4 Å². The number of anilines is 2. The van der Waals surface area contributed by atoms with Crippen molar-refractivity contribution in [3.8, 4) is 11.8 Å². The number of hydrogen-bond donors (Lipinski definition) is 1. The highest BCUT2D eigenvalue weighted by molar-refractivity contribution is 6.30. The molecule has 2 unspecified atom stereocenters. The molecule has 2 aliphatic heterocycles. The normalized spacial score (nSPS) is 24.2. The van der Waals surface area contributed by atoms with Crippen LogP contribution in [-0.4, -0.2) is 57.1 Å². The maximum Gasteiger partial charge on any atom is 0.322 e. The average molecular weight is 486 g/mol. The van der Waals surface area contributed by atoms with Crippen LogP contribution < -0.4 is 15.0 Å². The van der Waals surface area contributed by atoms with Gasteiger partial charge in [0.2, 0.25) is 5.95 Å². The minimum Gasteiger partial charge on any atom is -0.424 e. The molecule has 2 saturated heterocycles. The Labute approximate surface area is 201 Å². The summed E-state index contributed by atoms with van der Waals surface area (Å²) in [6.07, 6.45) is 3.93. The molecule has 2 aromatic heterocycles. The molecule has 0 radical (unpaired) electrons. The first-order valence-electron chi connectivity index (χ1n) is 11.5. The number of aryl methyl sites for hydroxylation is 1. The summed E-state index contributed by atoms with van der Waals surface area (Å²) < 4.78 is 26.6. The Balaban J connectivity index is 1.20. The highest BCUT2D eigenvalue weighted by Crippen LogP contribution is 2.40. The fourth-order valence-corrected chi connectivity index (χ4v) is 5.27. The van der Waals surface area contributed by atoms with Gasteiger partial charge < -0.3 is 19.7 Å². The predicted octanol–water partition coefficient (Wildman–Crippen LogP) is 3.86. The molecule has 0 amide bonds. The Bertz CT molecular complexity index is 1190. The molecule has 6 rings (SSSR count). The molecular formula is C23H25ClFN7O2. The molecule has 1 aliphatic carbocycles. The lowest BCUT2D eigenvalue weighted by Gasteiger charge is -2.38. The van der Waals surface area contributed by atoms with E-state index in [1.165, 1.54) is 18.2 Å². The van der Waals surface area contributed by atoms with Crippen LogP contribution in [0.4, 0.5) is 16.2 Å². The Morgan fingerprint density at radius 3 is 2.62 bits per heavy atom. The van der Waals surface area contributed by atoms with Crippen molar-refractivity contribution in [3.63, 3.8) is 0 Å². The second kappa shape index (κ2) is 8.66. The summed E-state index contributed by atoms with van der Waals surface area (Å²) in [6.45, 7) is 4.94. The number of rotatable bonds is 6. The first-order chi connectivity index (χ1) is 16.5. The molecule has 2 atom stereocenters. The summed E-state index contributed by atoms with van der Waals surface area (Å²) in [6, 6.07) is 6.94. The molecule has 9 nitrogen and oxygen atoms in total. The summed E-state index contributed by atoms with van der Waals surface area (Å²) in [5.41, 5.74) is 0.974. The number of fused-ring (bicyclic) bond motifs is 2. The van der Waals surface area contributed by atoms with Gasteiger partial charge in [0.25, 0.3) is 0 Å². The number of halogens is 2. The Morgan fingerprint density at radius 1 is 1.15 bits per heavy atom. The van der Waals surface area contributed by atoms with Crippen LogP contribution in [0, 0.1) is 24.6 Å². The first kappa shape index (κ1) is 21.5. The molecule has 3 fully saturated rings. The van der Waals surface area contributed by atoms with Crippen LogP contribution in [0.2, 0.25) is 5.02 Å². The standard InChI is InChI=1S/C23H25ClFN7O2/c1-13-6-20(27-12-26-13)31-8-14-2-3-15(9-31)21(14)28-22-29-23(32(30-22)16-10-33-11-16)34-17-4-5-19(25)18(24)7-17/h4-7,12,14-16,21H,2-3,8-11H2,1H3,(H,28,30). The van der Waals surface area contributed by atoms with Crippen LogP contribution in [0.3, 0.4) is 0 Å². The maximum atomic E-state index is 13.6. The van der Waals surface area contributed by atoms with Gasteiger partial charge >= 0.3 is 6.01 Å². The largest absolute Gasteiger partial charge is 0.424 e. The van der Waals surface area contributed by atoms with E-state index in [-0.39, 0.29) is 17.1 Å². The number of ether oxygens (including phenoxy) is 2. The topological polar surface area (TPSA) is 90.2 Å². The summed E-state index contributed by atoms with van der Waals surface area (Å²) in [7, 11) is 0. The first-order valence-corrected chi connectivity index (χ1v) is 11.9. The summed E-state index contributed by atoms with van der Waals surface area (Å²) in [5.74, 6) is 2.36. The summed E-state index contributed by atoms with van der Waals surface area (Å²) in [4.78, 5) is 15.7. The van der Waals surface area contributed by atoms with Gasteiger partial charge in [0.05, 0.1) is 18.2 Å². The predicted molar refractivity (Wildman–Crippen MR) is 124 cm³/mol. The summed E-state index contributed by atoms with van der Waals surface area (Å²) in [5, 5.41) is 8.28. The number of nitrogens with one attached hydrogen (secondary N) is 1. The molecule has 178 valence electrons. The number of aromatic nitrogens is 5. The van der Waals surface area contributed by atoms with E-state index in [2.05, 4.69) is 25.2 Å². The second-order valence-electron chi connectivity index (χ2n) is 9.22. The zero-order valence-corrected chi connectivity index (χ0v) is 19.5. The maximum absolute atomic E-state index is 13.6. The number of hydrogen-bond acceptors (Lipinski definition) is 8. The van der Waals surface area contributed by atoms with Crippen molar-refractivity contribution in [2.24, 2.45) is 11.8 Å². The van der Waals surface area contributed by atoms with Gasteiger partial charge in [-0.2, -0.15) is 4.98 Å². The Kier molecular flexibility index (Phi) is 5.49. The highest BCUT2D eigenvalue weighted by atomic mass is 35.5. The van der Waals surface area contributed by atoms with Crippen LogP contribution in [0.15, 0.2) is 30.6 Å². The molecule has 0 spiro atoms. The van der Waals surface area contributed by atoms with Gasteiger partial charge in [0.15, 0.2) is 0 Å². The fourth-order valence-electron chi connectivity index (χ4n) is 5.10. The monoisotopic (exact) mass is 485 g/mol. The van der Waals surface area contributed by atoms with Crippen molar-refractivity contribution in [1.82, 2.24) is 24.7 Å². The van der Waals surface area contributed by atoms with Gasteiger partial charge in [0, 0.05) is 37.0 Å². The minimum atomic E-state index is -0.496. The van der Waals surface area contributed by atoms with E-state index in [4.69, 9.17) is 26.2 Å². The SMILES string of the molecule is Cc1cc(N2CC3CCC(C2)C3Nc2nc(Oc3ccc(F)c(Cl)c3)n(C3COC3)n2)ncn1. The zero-order chi connectivity index (χ0) is 23.2. The summed E-state index contributed by atoms with van der Waals surface area (Å²) >= 11 is 5.92. The fraction of sp³-hybridized carbons (Fsp3) is 0.478. The molecule has 3 aromatic rings. The molecule has 1 saturated carbocycles. The Hall–Kier alpha value is -2.98. The molecule has 1 aromatic carbocycles. The molecule has 11 heteroatoms. The Morgan fingerprint density at radius 2 is 1.94 bits per heavy atom. The number of benzene rings is 1. The van der Waals surface area contributed by atoms with E-state index in [0.29, 0.717) is 42.8 Å². The van der Waals surface area contributed by atoms with Crippen molar-refractivity contribution in [3.05, 3.63) is 47.1 Å². The van der Waals surface area contributed by atoms with E-state index in [9.17, 15) is 4.39 Å². The van der Waals surface area contributed by atoms with Crippen molar-refractivity contribution in [1.29, 1.82) is 0 Å². The molecule has 3 aliphatic rings. The molecule has 4 heterocycles.